The predicted molar refractivity (Wildman–Crippen MR) is 60.0 cm³/mol. The molecule has 0 bridgehead atoms. The smallest absolute Gasteiger partial charge is 0.244 e. The van der Waals surface area contributed by atoms with Gasteiger partial charge in [-0.25, -0.2) is 13.1 Å². The summed E-state index contributed by atoms with van der Waals surface area (Å²) in [5, 5.41) is 8.59. The normalized spacial score (nSPS) is 11.4. The van der Waals surface area contributed by atoms with Crippen molar-refractivity contribution in [1.82, 2.24) is 4.72 Å². The Bertz CT molecular complexity index is 456. The van der Waals surface area contributed by atoms with Crippen molar-refractivity contribution in [3.8, 4) is 5.75 Å². The van der Waals surface area contributed by atoms with Crippen LogP contribution in [0.15, 0.2) is 23.1 Å². The van der Waals surface area contributed by atoms with Crippen molar-refractivity contribution in [2.45, 2.75) is 11.8 Å². The van der Waals surface area contributed by atoms with Gasteiger partial charge in [-0.1, -0.05) is 6.07 Å². The summed E-state index contributed by atoms with van der Waals surface area (Å²) >= 11 is 0. The molecule has 0 unspecified atom stereocenters. The number of aryl methyl sites for hydroxylation is 1. The van der Waals surface area contributed by atoms with Gasteiger partial charge < -0.3 is 9.84 Å². The van der Waals surface area contributed by atoms with Gasteiger partial charge in [0.2, 0.25) is 10.0 Å². The lowest BCUT2D eigenvalue weighted by molar-refractivity contribution is 0.301. The van der Waals surface area contributed by atoms with E-state index in [1.54, 1.807) is 12.1 Å². The molecule has 0 saturated heterocycles. The fraction of sp³-hybridized carbons (Fsp3) is 0.400. The largest absolute Gasteiger partial charge is 0.495 e. The van der Waals surface area contributed by atoms with Crippen LogP contribution in [0.4, 0.5) is 0 Å². The summed E-state index contributed by atoms with van der Waals surface area (Å²) < 4.78 is 30.8. The molecule has 1 aromatic rings. The summed E-state index contributed by atoms with van der Waals surface area (Å²) in [5.41, 5.74) is 0.915. The Hall–Kier alpha value is -1.11. The van der Waals surface area contributed by atoms with Gasteiger partial charge in [0.15, 0.2) is 0 Å². The van der Waals surface area contributed by atoms with Crippen LogP contribution in [0.2, 0.25) is 0 Å². The highest BCUT2D eigenvalue weighted by molar-refractivity contribution is 7.89. The minimum Gasteiger partial charge on any atom is -0.495 e. The SMILES string of the molecule is COc1cc(C)ccc1S(=O)(=O)NCCO. The first-order valence-corrected chi connectivity index (χ1v) is 6.24. The minimum atomic E-state index is -3.62. The van der Waals surface area contributed by atoms with Gasteiger partial charge in [-0.05, 0) is 24.6 Å². The van der Waals surface area contributed by atoms with Gasteiger partial charge in [0.25, 0.3) is 0 Å². The molecule has 0 aromatic heterocycles. The molecule has 90 valence electrons. The molecule has 0 heterocycles. The van der Waals surface area contributed by atoms with E-state index in [0.29, 0.717) is 5.75 Å². The zero-order valence-corrected chi connectivity index (χ0v) is 10.0. The molecule has 1 rings (SSSR count). The first kappa shape index (κ1) is 13.0. The van der Waals surface area contributed by atoms with Gasteiger partial charge in [-0.3, -0.25) is 0 Å². The topological polar surface area (TPSA) is 75.6 Å². The molecule has 0 saturated carbocycles. The number of nitrogens with one attached hydrogen (secondary N) is 1. The summed E-state index contributed by atoms with van der Waals surface area (Å²) in [6.07, 6.45) is 0. The maximum absolute atomic E-state index is 11.8. The number of aliphatic hydroxyl groups excluding tert-OH is 1. The van der Waals surface area contributed by atoms with Crippen LogP contribution in [-0.2, 0) is 10.0 Å². The van der Waals surface area contributed by atoms with Gasteiger partial charge in [0, 0.05) is 6.54 Å². The number of benzene rings is 1. The second kappa shape index (κ2) is 5.29. The maximum Gasteiger partial charge on any atom is 0.244 e. The molecule has 0 aliphatic rings. The van der Waals surface area contributed by atoms with E-state index in [9.17, 15) is 8.42 Å². The van der Waals surface area contributed by atoms with E-state index in [4.69, 9.17) is 9.84 Å². The van der Waals surface area contributed by atoms with Crippen molar-refractivity contribution >= 4 is 10.0 Å². The summed E-state index contributed by atoms with van der Waals surface area (Å²) in [4.78, 5) is 0.0778. The number of methoxy groups -OCH3 is 1. The third-order valence-electron chi connectivity index (χ3n) is 2.01. The van der Waals surface area contributed by atoms with Crippen LogP contribution < -0.4 is 9.46 Å². The van der Waals surface area contributed by atoms with Crippen molar-refractivity contribution in [3.05, 3.63) is 23.8 Å². The lowest BCUT2D eigenvalue weighted by atomic mass is 10.2. The molecule has 0 aliphatic heterocycles. The second-order valence-electron chi connectivity index (χ2n) is 3.28. The Kier molecular flexibility index (Phi) is 4.28. The van der Waals surface area contributed by atoms with E-state index in [1.807, 2.05) is 6.92 Å². The molecular weight excluding hydrogens is 230 g/mol. The highest BCUT2D eigenvalue weighted by Crippen LogP contribution is 2.24. The molecular formula is C10H15NO4S. The van der Waals surface area contributed by atoms with Gasteiger partial charge in [-0.15, -0.1) is 0 Å². The van der Waals surface area contributed by atoms with Crippen molar-refractivity contribution in [1.29, 1.82) is 0 Å². The second-order valence-corrected chi connectivity index (χ2v) is 5.01. The average Bonchev–Trinajstić information content (AvgIpc) is 2.26. The first-order chi connectivity index (χ1) is 7.51. The highest BCUT2D eigenvalue weighted by Gasteiger charge is 2.18. The third-order valence-corrected chi connectivity index (χ3v) is 3.51. The molecule has 2 N–H and O–H groups in total. The standard InChI is InChI=1S/C10H15NO4S/c1-8-3-4-10(9(7-8)15-2)16(13,14)11-5-6-12/h3-4,7,11-12H,5-6H2,1-2H3. The molecule has 0 atom stereocenters. The summed E-state index contributed by atoms with van der Waals surface area (Å²) in [5.74, 6) is 0.297. The Balaban J connectivity index is 3.12. The molecule has 0 spiro atoms. The van der Waals surface area contributed by atoms with E-state index < -0.39 is 10.0 Å². The van der Waals surface area contributed by atoms with Crippen molar-refractivity contribution in [2.75, 3.05) is 20.3 Å². The fourth-order valence-electron chi connectivity index (χ4n) is 1.25. The Labute approximate surface area is 95.1 Å². The highest BCUT2D eigenvalue weighted by atomic mass is 32.2. The number of aliphatic hydroxyl groups is 1. The molecule has 1 aromatic carbocycles. The maximum atomic E-state index is 11.8. The minimum absolute atomic E-state index is 0.0145. The van der Waals surface area contributed by atoms with Crippen LogP contribution in [0.3, 0.4) is 0 Å². The van der Waals surface area contributed by atoms with Crippen LogP contribution in [0, 0.1) is 6.92 Å². The molecule has 16 heavy (non-hydrogen) atoms. The third kappa shape index (κ3) is 2.94. The number of rotatable bonds is 5. The molecule has 0 amide bonds. The van der Waals surface area contributed by atoms with Crippen LogP contribution in [-0.4, -0.2) is 33.8 Å². The lowest BCUT2D eigenvalue weighted by Crippen LogP contribution is -2.27. The van der Waals surface area contributed by atoms with Crippen LogP contribution in [0.25, 0.3) is 0 Å². The summed E-state index contributed by atoms with van der Waals surface area (Å²) in [6.45, 7) is 1.59. The zero-order valence-electron chi connectivity index (χ0n) is 9.23. The van der Waals surface area contributed by atoms with E-state index >= 15 is 0 Å². The molecule has 0 aliphatic carbocycles. The summed E-state index contributed by atoms with van der Waals surface area (Å²) in [7, 11) is -2.20. The van der Waals surface area contributed by atoms with Crippen LogP contribution in [0.1, 0.15) is 5.56 Å². The number of hydrogen-bond acceptors (Lipinski definition) is 4. The van der Waals surface area contributed by atoms with Gasteiger partial charge in [-0.2, -0.15) is 0 Å². The van der Waals surface area contributed by atoms with E-state index in [2.05, 4.69) is 4.72 Å². The fourth-order valence-corrected chi connectivity index (χ4v) is 2.42. The number of hydrogen-bond donors (Lipinski definition) is 2. The van der Waals surface area contributed by atoms with Gasteiger partial charge >= 0.3 is 0 Å². The van der Waals surface area contributed by atoms with Crippen LogP contribution in [0.5, 0.6) is 5.75 Å². The zero-order chi connectivity index (χ0) is 12.2. The molecule has 0 fully saturated rings. The van der Waals surface area contributed by atoms with Gasteiger partial charge in [0.1, 0.15) is 10.6 Å². The van der Waals surface area contributed by atoms with Crippen molar-refractivity contribution < 1.29 is 18.3 Å². The predicted octanol–water partition coefficient (Wildman–Crippen LogP) is 0.274. The monoisotopic (exact) mass is 245 g/mol. The van der Waals surface area contributed by atoms with E-state index in [1.165, 1.54) is 13.2 Å². The molecule has 0 radical (unpaired) electrons. The summed E-state index contributed by atoms with van der Waals surface area (Å²) in [6, 6.07) is 4.82. The van der Waals surface area contributed by atoms with Crippen molar-refractivity contribution in [3.63, 3.8) is 0 Å². The quantitative estimate of drug-likeness (QED) is 0.781. The Morgan fingerprint density at radius 3 is 2.69 bits per heavy atom. The average molecular weight is 245 g/mol. The number of ether oxygens (including phenoxy) is 1. The first-order valence-electron chi connectivity index (χ1n) is 4.76. The molecule has 6 heteroatoms. The van der Waals surface area contributed by atoms with Crippen LogP contribution >= 0.6 is 0 Å². The Morgan fingerprint density at radius 1 is 1.44 bits per heavy atom. The lowest BCUT2D eigenvalue weighted by Gasteiger charge is -2.10. The number of sulfonamides is 1. The van der Waals surface area contributed by atoms with E-state index in [0.717, 1.165) is 5.56 Å². The van der Waals surface area contributed by atoms with E-state index in [-0.39, 0.29) is 18.0 Å². The Morgan fingerprint density at radius 2 is 2.12 bits per heavy atom. The van der Waals surface area contributed by atoms with Crippen molar-refractivity contribution in [2.24, 2.45) is 0 Å². The molecule has 5 nitrogen and oxygen atoms in total. The van der Waals surface area contributed by atoms with Gasteiger partial charge in [0.05, 0.1) is 13.7 Å².